The maximum absolute atomic E-state index is 12.2. The summed E-state index contributed by atoms with van der Waals surface area (Å²) < 4.78 is 1.01. The van der Waals surface area contributed by atoms with Crippen molar-refractivity contribution in [2.45, 2.75) is 34.3 Å². The number of carbonyl (C=O) groups is 1. The molecule has 0 spiro atoms. The van der Waals surface area contributed by atoms with Crippen LogP contribution in [-0.2, 0) is 11.2 Å². The molecule has 0 saturated heterocycles. The summed E-state index contributed by atoms with van der Waals surface area (Å²) in [5, 5.41) is 12.1. The van der Waals surface area contributed by atoms with Gasteiger partial charge in [0.2, 0.25) is 5.91 Å². The number of carbonyl (C=O) groups excluding carboxylic acids is 1. The molecule has 1 aliphatic heterocycles. The fraction of sp³-hybridized carbons (Fsp3) is 0.400. The maximum Gasteiger partial charge on any atom is 0.233 e. The Morgan fingerprint density at radius 3 is 3.05 bits per heavy atom. The molecule has 1 amide bonds. The van der Waals surface area contributed by atoms with Crippen molar-refractivity contribution in [3.63, 3.8) is 0 Å². The van der Waals surface area contributed by atoms with Crippen LogP contribution in [0.3, 0.4) is 0 Å². The molecule has 1 atom stereocenters. The maximum atomic E-state index is 12.2. The van der Waals surface area contributed by atoms with Gasteiger partial charge in [0.1, 0.15) is 5.01 Å². The molecule has 0 fully saturated rings. The lowest BCUT2D eigenvalue weighted by atomic mass is 10.1. The lowest BCUT2D eigenvalue weighted by molar-refractivity contribution is -0.120. The van der Waals surface area contributed by atoms with E-state index in [0.29, 0.717) is 0 Å². The van der Waals surface area contributed by atoms with Crippen LogP contribution in [0.15, 0.2) is 33.5 Å². The summed E-state index contributed by atoms with van der Waals surface area (Å²) in [4.78, 5) is 13.4. The second-order valence-electron chi connectivity index (χ2n) is 5.00. The highest BCUT2D eigenvalue weighted by molar-refractivity contribution is 8.01. The first-order chi connectivity index (χ1) is 10.7. The molecule has 4 nitrogen and oxygen atoms in total. The fourth-order valence-corrected chi connectivity index (χ4v) is 5.27. The summed E-state index contributed by atoms with van der Waals surface area (Å²) in [6.45, 7) is 2.68. The molecule has 1 N–H and O–H groups in total. The van der Waals surface area contributed by atoms with Gasteiger partial charge in [0.15, 0.2) is 4.34 Å². The number of hydrogen-bond donors (Lipinski definition) is 1. The Hall–Kier alpha value is -1.05. The predicted octanol–water partition coefficient (Wildman–Crippen LogP) is 3.16. The number of nitrogens with zero attached hydrogens (tertiary/aromatic N) is 2. The zero-order valence-corrected chi connectivity index (χ0v) is 14.7. The highest BCUT2D eigenvalue weighted by Crippen LogP contribution is 2.36. The van der Waals surface area contributed by atoms with Crippen LogP contribution in [0.2, 0.25) is 0 Å². The Balaban J connectivity index is 1.35. The highest BCUT2D eigenvalue weighted by atomic mass is 32.2. The molecule has 0 aliphatic carbocycles. The molecule has 2 heterocycles. The van der Waals surface area contributed by atoms with Crippen LogP contribution < -0.4 is 5.32 Å². The molecule has 0 saturated carbocycles. The Kier molecular flexibility index (Phi) is 5.38. The molecule has 7 heteroatoms. The van der Waals surface area contributed by atoms with Crippen molar-refractivity contribution in [1.29, 1.82) is 0 Å². The SMILES string of the molecule is Cc1nnc(SCCCNC(=O)[C@H]2Cc3ccccc3S2)s1. The number of aryl methyl sites for hydroxylation is 1. The van der Waals surface area contributed by atoms with Gasteiger partial charge >= 0.3 is 0 Å². The highest BCUT2D eigenvalue weighted by Gasteiger charge is 2.27. The first-order valence-corrected chi connectivity index (χ1v) is 9.86. The van der Waals surface area contributed by atoms with Crippen molar-refractivity contribution in [3.05, 3.63) is 34.8 Å². The van der Waals surface area contributed by atoms with E-state index >= 15 is 0 Å². The molecule has 0 bridgehead atoms. The zero-order chi connectivity index (χ0) is 15.4. The zero-order valence-electron chi connectivity index (χ0n) is 12.2. The van der Waals surface area contributed by atoms with Gasteiger partial charge in [-0.2, -0.15) is 0 Å². The lowest BCUT2D eigenvalue weighted by Gasteiger charge is -2.09. The summed E-state index contributed by atoms with van der Waals surface area (Å²) in [7, 11) is 0. The number of fused-ring (bicyclic) bond motifs is 1. The van der Waals surface area contributed by atoms with E-state index in [-0.39, 0.29) is 11.2 Å². The minimum atomic E-state index is 0.0239. The summed E-state index contributed by atoms with van der Waals surface area (Å²) in [5.41, 5.74) is 1.29. The second kappa shape index (κ2) is 7.48. The van der Waals surface area contributed by atoms with E-state index in [1.807, 2.05) is 19.1 Å². The van der Waals surface area contributed by atoms with Crippen LogP contribution in [-0.4, -0.2) is 33.7 Å². The number of thioether (sulfide) groups is 2. The molecule has 0 unspecified atom stereocenters. The number of aromatic nitrogens is 2. The van der Waals surface area contributed by atoms with Gasteiger partial charge in [0.05, 0.1) is 5.25 Å². The summed E-state index contributed by atoms with van der Waals surface area (Å²) >= 11 is 4.99. The third kappa shape index (κ3) is 4.02. The van der Waals surface area contributed by atoms with Gasteiger partial charge in [0.25, 0.3) is 0 Å². The standard InChI is InChI=1S/C15H17N3OS3/c1-10-17-18-15(21-10)20-8-4-7-16-14(19)13-9-11-5-2-3-6-12(11)22-13/h2-3,5-6,13H,4,7-9H2,1H3,(H,16,19)/t13-/m1/s1. The van der Waals surface area contributed by atoms with Crippen LogP contribution >= 0.6 is 34.9 Å². The lowest BCUT2D eigenvalue weighted by Crippen LogP contribution is -2.33. The summed E-state index contributed by atoms with van der Waals surface area (Å²) in [6, 6.07) is 8.26. The first kappa shape index (κ1) is 15.8. The average Bonchev–Trinajstić information content (AvgIpc) is 3.12. The van der Waals surface area contributed by atoms with E-state index in [9.17, 15) is 4.79 Å². The van der Waals surface area contributed by atoms with E-state index < -0.39 is 0 Å². The van der Waals surface area contributed by atoms with E-state index in [4.69, 9.17) is 0 Å². The Labute approximate surface area is 142 Å². The number of nitrogens with one attached hydrogen (secondary N) is 1. The van der Waals surface area contributed by atoms with Gasteiger partial charge in [-0.1, -0.05) is 41.3 Å². The average molecular weight is 352 g/mol. The van der Waals surface area contributed by atoms with Crippen molar-refractivity contribution in [2.24, 2.45) is 0 Å². The monoisotopic (exact) mass is 351 g/mol. The molecule has 0 radical (unpaired) electrons. The summed E-state index contributed by atoms with van der Waals surface area (Å²) in [6.07, 6.45) is 1.78. The van der Waals surface area contributed by atoms with Gasteiger partial charge in [-0.3, -0.25) is 4.79 Å². The smallest absolute Gasteiger partial charge is 0.233 e. The molecular formula is C15H17N3OS3. The number of benzene rings is 1. The number of amides is 1. The third-order valence-corrected chi connectivity index (χ3v) is 6.67. The van der Waals surface area contributed by atoms with Gasteiger partial charge in [-0.15, -0.1) is 22.0 Å². The number of rotatable bonds is 6. The largest absolute Gasteiger partial charge is 0.355 e. The van der Waals surface area contributed by atoms with Crippen molar-refractivity contribution in [2.75, 3.05) is 12.3 Å². The van der Waals surface area contributed by atoms with Gasteiger partial charge < -0.3 is 5.32 Å². The van der Waals surface area contributed by atoms with Crippen molar-refractivity contribution >= 4 is 40.8 Å². The van der Waals surface area contributed by atoms with E-state index in [1.165, 1.54) is 10.5 Å². The van der Waals surface area contributed by atoms with Crippen LogP contribution in [0.5, 0.6) is 0 Å². The van der Waals surface area contributed by atoms with Crippen molar-refractivity contribution in [1.82, 2.24) is 15.5 Å². The van der Waals surface area contributed by atoms with Gasteiger partial charge in [0, 0.05) is 17.2 Å². The third-order valence-electron chi connectivity index (χ3n) is 3.29. The Morgan fingerprint density at radius 1 is 1.41 bits per heavy atom. The Bertz CT molecular complexity index is 634. The fourth-order valence-electron chi connectivity index (χ4n) is 2.22. The topological polar surface area (TPSA) is 54.9 Å². The van der Waals surface area contributed by atoms with Crippen molar-refractivity contribution < 1.29 is 4.79 Å². The molecule has 2 aromatic rings. The van der Waals surface area contributed by atoms with Crippen LogP contribution in [0.1, 0.15) is 17.0 Å². The first-order valence-electron chi connectivity index (χ1n) is 7.17. The molecule has 1 aromatic heterocycles. The number of hydrogen-bond acceptors (Lipinski definition) is 6. The van der Waals surface area contributed by atoms with E-state index in [0.717, 1.165) is 34.5 Å². The van der Waals surface area contributed by atoms with Crippen molar-refractivity contribution in [3.8, 4) is 0 Å². The van der Waals surface area contributed by atoms with Gasteiger partial charge in [-0.25, -0.2) is 0 Å². The quantitative estimate of drug-likeness (QED) is 0.640. The van der Waals surface area contributed by atoms with Crippen LogP contribution in [0.25, 0.3) is 0 Å². The minimum absolute atomic E-state index is 0.0239. The molecule has 116 valence electrons. The second-order valence-corrected chi connectivity index (χ2v) is 8.77. The molecular weight excluding hydrogens is 334 g/mol. The molecule has 3 rings (SSSR count). The predicted molar refractivity (Wildman–Crippen MR) is 92.8 cm³/mol. The van der Waals surface area contributed by atoms with E-state index in [2.05, 4.69) is 27.6 Å². The minimum Gasteiger partial charge on any atom is -0.355 e. The van der Waals surface area contributed by atoms with Crippen LogP contribution in [0, 0.1) is 6.92 Å². The molecule has 22 heavy (non-hydrogen) atoms. The normalized spacial score (nSPS) is 16.5. The summed E-state index contributed by atoms with van der Waals surface area (Å²) in [5.74, 6) is 1.10. The molecule has 1 aliphatic rings. The van der Waals surface area contributed by atoms with E-state index in [1.54, 1.807) is 34.9 Å². The molecule has 1 aromatic carbocycles. The van der Waals surface area contributed by atoms with Gasteiger partial charge in [-0.05, 0) is 31.4 Å². The van der Waals surface area contributed by atoms with Crippen LogP contribution in [0.4, 0.5) is 0 Å². The Morgan fingerprint density at radius 2 is 2.27 bits per heavy atom.